The largest absolute Gasteiger partial charge is 0.462 e. The maximum atomic E-state index is 12.8. The summed E-state index contributed by atoms with van der Waals surface area (Å²) < 4.78 is 16.8. The minimum Gasteiger partial charge on any atom is -0.462 e. The molecule has 0 aromatic heterocycles. The molecule has 0 saturated heterocycles. The number of rotatable bonds is 46. The first-order chi connectivity index (χ1) is 30.5. The second-order valence-corrected chi connectivity index (χ2v) is 17.2. The van der Waals surface area contributed by atoms with Crippen molar-refractivity contribution in [1.82, 2.24) is 0 Å². The van der Waals surface area contributed by atoms with Gasteiger partial charge >= 0.3 is 17.9 Å². The average Bonchev–Trinajstić information content (AvgIpc) is 3.27. The van der Waals surface area contributed by atoms with Crippen molar-refractivity contribution in [3.8, 4) is 0 Å². The van der Waals surface area contributed by atoms with Crippen molar-refractivity contribution in [2.24, 2.45) is 0 Å². The Kier molecular flexibility index (Phi) is 47.9. The number of unbranched alkanes of at least 4 members (excludes halogenated alkanes) is 27. The van der Waals surface area contributed by atoms with E-state index in [2.05, 4.69) is 93.7 Å². The summed E-state index contributed by atoms with van der Waals surface area (Å²) in [5.41, 5.74) is 0. The van der Waals surface area contributed by atoms with E-state index in [0.717, 1.165) is 96.3 Å². The summed E-state index contributed by atoms with van der Waals surface area (Å²) in [5, 5.41) is 0. The third-order valence-corrected chi connectivity index (χ3v) is 11.1. The van der Waals surface area contributed by atoms with Gasteiger partial charge in [-0.3, -0.25) is 14.4 Å². The van der Waals surface area contributed by atoms with Crippen LogP contribution in [0.1, 0.15) is 245 Å². The van der Waals surface area contributed by atoms with E-state index in [9.17, 15) is 14.4 Å². The Balaban J connectivity index is 4.43. The van der Waals surface area contributed by atoms with Gasteiger partial charge in [0.15, 0.2) is 6.10 Å². The van der Waals surface area contributed by atoms with Gasteiger partial charge in [-0.25, -0.2) is 0 Å². The summed E-state index contributed by atoms with van der Waals surface area (Å²) >= 11 is 0. The lowest BCUT2D eigenvalue weighted by Crippen LogP contribution is -2.30. The lowest BCUT2D eigenvalue weighted by Gasteiger charge is -2.18. The molecule has 356 valence electrons. The molecule has 1 atom stereocenters. The zero-order valence-corrected chi connectivity index (χ0v) is 40.6. The SMILES string of the molecule is CCCCC\C=C/C=C\C=C/C=C\CCCCCCCC(=O)OCC(COC(=O)CCCCCCCCCCCCC)OC(=O)CCCCCCCC/C=C\C=C/CCCCC. The smallest absolute Gasteiger partial charge is 0.306 e. The molecule has 6 heteroatoms. The molecule has 0 heterocycles. The van der Waals surface area contributed by atoms with Crippen molar-refractivity contribution in [2.45, 2.75) is 252 Å². The highest BCUT2D eigenvalue weighted by Crippen LogP contribution is 2.14. The van der Waals surface area contributed by atoms with Crippen LogP contribution in [0.5, 0.6) is 0 Å². The fraction of sp³-hybridized carbons (Fsp3) is 0.732. The fourth-order valence-corrected chi connectivity index (χ4v) is 7.09. The number of allylic oxidation sites excluding steroid dienone is 12. The van der Waals surface area contributed by atoms with Crippen LogP contribution in [0.2, 0.25) is 0 Å². The molecule has 0 N–H and O–H groups in total. The molecule has 0 amide bonds. The number of hydrogen-bond donors (Lipinski definition) is 0. The number of esters is 3. The summed E-state index contributed by atoms with van der Waals surface area (Å²) in [5.74, 6) is -0.921. The maximum absolute atomic E-state index is 12.8. The first kappa shape index (κ1) is 58.9. The van der Waals surface area contributed by atoms with Gasteiger partial charge in [0, 0.05) is 19.3 Å². The highest BCUT2D eigenvalue weighted by atomic mass is 16.6. The standard InChI is InChI=1S/C56H96O6/c1-4-7-10-13-16-19-22-24-26-27-28-30-31-34-37-40-43-46-49-55(58)61-52-53(51-60-54(57)48-45-42-39-36-33-21-18-15-12-9-6-3)62-56(59)50-47-44-41-38-35-32-29-25-23-20-17-14-11-8-5-2/h16-17,19-20,22-28,30,53H,4-15,18,21,29,31-52H2,1-3H3/b19-16-,20-17-,24-22-,25-23-,27-26-,30-28-. The van der Waals surface area contributed by atoms with E-state index < -0.39 is 6.10 Å². The summed E-state index contributed by atoms with van der Waals surface area (Å²) in [7, 11) is 0. The molecule has 0 aliphatic carbocycles. The molecule has 62 heavy (non-hydrogen) atoms. The van der Waals surface area contributed by atoms with Gasteiger partial charge < -0.3 is 14.2 Å². The predicted molar refractivity (Wildman–Crippen MR) is 265 cm³/mol. The molecular weight excluding hydrogens is 769 g/mol. The summed E-state index contributed by atoms with van der Waals surface area (Å²) in [6, 6.07) is 0. The van der Waals surface area contributed by atoms with Crippen molar-refractivity contribution >= 4 is 17.9 Å². The average molecular weight is 865 g/mol. The molecule has 6 nitrogen and oxygen atoms in total. The van der Waals surface area contributed by atoms with Gasteiger partial charge in [-0.15, -0.1) is 0 Å². The van der Waals surface area contributed by atoms with Gasteiger partial charge in [0.25, 0.3) is 0 Å². The number of ether oxygens (including phenoxy) is 3. The summed E-state index contributed by atoms with van der Waals surface area (Å²) in [6.07, 6.45) is 63.0. The van der Waals surface area contributed by atoms with Crippen molar-refractivity contribution in [1.29, 1.82) is 0 Å². The van der Waals surface area contributed by atoms with Crippen LogP contribution in [0.3, 0.4) is 0 Å². The minimum absolute atomic E-state index is 0.0869. The number of carbonyl (C=O) groups excluding carboxylic acids is 3. The van der Waals surface area contributed by atoms with Crippen LogP contribution in [0, 0.1) is 0 Å². The van der Waals surface area contributed by atoms with Crippen LogP contribution in [-0.2, 0) is 28.6 Å². The van der Waals surface area contributed by atoms with E-state index >= 15 is 0 Å². The zero-order valence-electron chi connectivity index (χ0n) is 40.6. The van der Waals surface area contributed by atoms with Crippen LogP contribution in [0.25, 0.3) is 0 Å². The lowest BCUT2D eigenvalue weighted by atomic mass is 10.1. The Hall–Kier alpha value is -3.15. The van der Waals surface area contributed by atoms with Gasteiger partial charge in [0.2, 0.25) is 0 Å². The highest BCUT2D eigenvalue weighted by molar-refractivity contribution is 5.71. The van der Waals surface area contributed by atoms with Crippen molar-refractivity contribution in [3.05, 3.63) is 72.9 Å². The van der Waals surface area contributed by atoms with Gasteiger partial charge in [-0.1, -0.05) is 229 Å². The monoisotopic (exact) mass is 865 g/mol. The Morgan fingerprint density at radius 1 is 0.323 bits per heavy atom. The summed E-state index contributed by atoms with van der Waals surface area (Å²) in [6.45, 7) is 6.53. The van der Waals surface area contributed by atoms with E-state index in [1.165, 1.54) is 109 Å². The normalized spacial score (nSPS) is 12.6. The molecule has 0 radical (unpaired) electrons. The van der Waals surface area contributed by atoms with Crippen LogP contribution >= 0.6 is 0 Å². The van der Waals surface area contributed by atoms with Crippen LogP contribution in [0.4, 0.5) is 0 Å². The number of carbonyl (C=O) groups is 3. The third-order valence-electron chi connectivity index (χ3n) is 11.1. The van der Waals surface area contributed by atoms with Crippen molar-refractivity contribution in [2.75, 3.05) is 13.2 Å². The molecule has 0 fully saturated rings. The molecule has 0 aliphatic heterocycles. The molecule has 0 saturated carbocycles. The fourth-order valence-electron chi connectivity index (χ4n) is 7.09. The van der Waals surface area contributed by atoms with E-state index in [1.807, 2.05) is 0 Å². The minimum atomic E-state index is -0.789. The van der Waals surface area contributed by atoms with Gasteiger partial charge in [0.05, 0.1) is 0 Å². The highest BCUT2D eigenvalue weighted by Gasteiger charge is 2.19. The molecule has 0 aromatic carbocycles. The van der Waals surface area contributed by atoms with E-state index in [-0.39, 0.29) is 31.1 Å². The van der Waals surface area contributed by atoms with E-state index in [4.69, 9.17) is 14.2 Å². The van der Waals surface area contributed by atoms with Crippen molar-refractivity contribution < 1.29 is 28.6 Å². The second kappa shape index (κ2) is 50.5. The molecule has 0 aliphatic rings. The predicted octanol–water partition coefficient (Wildman–Crippen LogP) is 17.0. The Morgan fingerprint density at radius 2 is 0.581 bits per heavy atom. The Morgan fingerprint density at radius 3 is 0.952 bits per heavy atom. The van der Waals surface area contributed by atoms with Gasteiger partial charge in [-0.2, -0.15) is 0 Å². The summed E-state index contributed by atoms with van der Waals surface area (Å²) in [4.78, 5) is 37.9. The molecule has 0 bridgehead atoms. The quantitative estimate of drug-likeness (QED) is 0.0262. The van der Waals surface area contributed by atoms with Crippen LogP contribution < -0.4 is 0 Å². The van der Waals surface area contributed by atoms with Gasteiger partial charge in [-0.05, 0) is 70.6 Å². The maximum Gasteiger partial charge on any atom is 0.306 e. The topological polar surface area (TPSA) is 78.9 Å². The first-order valence-electron chi connectivity index (χ1n) is 26.0. The van der Waals surface area contributed by atoms with Gasteiger partial charge in [0.1, 0.15) is 13.2 Å². The third kappa shape index (κ3) is 47.9. The molecular formula is C56H96O6. The van der Waals surface area contributed by atoms with Crippen molar-refractivity contribution in [3.63, 3.8) is 0 Å². The Labute approximate surface area is 382 Å². The number of hydrogen-bond acceptors (Lipinski definition) is 6. The molecule has 0 rings (SSSR count). The Bertz CT molecular complexity index is 1180. The molecule has 1 unspecified atom stereocenters. The van der Waals surface area contributed by atoms with E-state index in [1.54, 1.807) is 0 Å². The van der Waals surface area contributed by atoms with E-state index in [0.29, 0.717) is 19.3 Å². The van der Waals surface area contributed by atoms with Crippen LogP contribution in [0.15, 0.2) is 72.9 Å². The molecule has 0 spiro atoms. The van der Waals surface area contributed by atoms with Crippen LogP contribution in [-0.4, -0.2) is 37.2 Å². The second-order valence-electron chi connectivity index (χ2n) is 17.2. The first-order valence-corrected chi connectivity index (χ1v) is 26.0. The molecule has 0 aromatic rings. The lowest BCUT2D eigenvalue weighted by molar-refractivity contribution is -0.167. The zero-order chi connectivity index (χ0) is 45.1.